The molecule has 22 heavy (non-hydrogen) atoms. The maximum Gasteiger partial charge on any atom is 0.166 e. The number of fused-ring (bicyclic) bond motifs is 1. The highest BCUT2D eigenvalue weighted by molar-refractivity contribution is 5.98. The van der Waals surface area contributed by atoms with Crippen LogP contribution in [0, 0.1) is 17.7 Å². The van der Waals surface area contributed by atoms with Crippen molar-refractivity contribution in [3.63, 3.8) is 0 Å². The van der Waals surface area contributed by atoms with Crippen molar-refractivity contribution in [2.45, 2.75) is 38.1 Å². The predicted octanol–water partition coefficient (Wildman–Crippen LogP) is 2.25. The van der Waals surface area contributed by atoms with Gasteiger partial charge in [0.15, 0.2) is 5.78 Å². The molecule has 1 aliphatic carbocycles. The average Bonchev–Trinajstić information content (AvgIpc) is 3.00. The van der Waals surface area contributed by atoms with Gasteiger partial charge in [-0.25, -0.2) is 4.39 Å². The first kappa shape index (κ1) is 15.3. The van der Waals surface area contributed by atoms with Gasteiger partial charge in [0.2, 0.25) is 0 Å². The second-order valence-corrected chi connectivity index (χ2v) is 6.27. The van der Waals surface area contributed by atoms with Gasteiger partial charge >= 0.3 is 0 Å². The maximum absolute atomic E-state index is 13.5. The Morgan fingerprint density at radius 1 is 1.18 bits per heavy atom. The van der Waals surface area contributed by atoms with Crippen LogP contribution in [-0.4, -0.2) is 24.2 Å². The topological polar surface area (TPSA) is 58.2 Å². The van der Waals surface area contributed by atoms with Crippen LogP contribution in [0.4, 0.5) is 4.39 Å². The summed E-state index contributed by atoms with van der Waals surface area (Å²) in [4.78, 5) is 24.3. The van der Waals surface area contributed by atoms with Crippen LogP contribution < -0.4 is 10.9 Å². The van der Waals surface area contributed by atoms with Crippen LogP contribution >= 0.6 is 0 Å². The number of hydrogen-bond acceptors (Lipinski definition) is 4. The molecule has 2 N–H and O–H groups in total. The fourth-order valence-electron chi connectivity index (χ4n) is 3.56. The number of carbonyl (C=O) groups excluding carboxylic acids is 2. The van der Waals surface area contributed by atoms with Crippen LogP contribution in [0.3, 0.4) is 0 Å². The average molecular weight is 304 g/mol. The van der Waals surface area contributed by atoms with Gasteiger partial charge in [0.05, 0.1) is 5.56 Å². The first-order valence-electron chi connectivity index (χ1n) is 7.94. The number of Topliss-reactive ketones (excluding diaryl/α,β-unsaturated/α-hetero) is 2. The van der Waals surface area contributed by atoms with Crippen molar-refractivity contribution in [2.24, 2.45) is 11.8 Å². The molecular weight excluding hydrogens is 283 g/mol. The minimum atomic E-state index is -0.511. The monoisotopic (exact) mass is 304 g/mol. The molecule has 5 heteroatoms. The fraction of sp³-hybridized carbons (Fsp3) is 0.529. The van der Waals surface area contributed by atoms with Crippen molar-refractivity contribution in [1.82, 2.24) is 10.9 Å². The van der Waals surface area contributed by atoms with Gasteiger partial charge in [-0.15, -0.1) is 0 Å². The van der Waals surface area contributed by atoms with Crippen LogP contribution in [0.2, 0.25) is 0 Å². The highest BCUT2D eigenvalue weighted by Crippen LogP contribution is 2.32. The van der Waals surface area contributed by atoms with Gasteiger partial charge in [-0.3, -0.25) is 20.4 Å². The molecule has 0 bridgehead atoms. The highest BCUT2D eigenvalue weighted by Gasteiger charge is 2.36. The van der Waals surface area contributed by atoms with Crippen LogP contribution in [-0.2, 0) is 4.79 Å². The zero-order valence-electron chi connectivity index (χ0n) is 12.5. The van der Waals surface area contributed by atoms with Crippen molar-refractivity contribution in [2.75, 3.05) is 6.54 Å². The lowest BCUT2D eigenvalue weighted by Gasteiger charge is -2.29. The molecule has 1 aromatic carbocycles. The summed E-state index contributed by atoms with van der Waals surface area (Å²) < 4.78 is 13.5. The number of ketones is 2. The quantitative estimate of drug-likeness (QED) is 0.819. The normalized spacial score (nSPS) is 27.4. The van der Waals surface area contributed by atoms with Crippen molar-refractivity contribution in [3.8, 4) is 0 Å². The lowest BCUT2D eigenvalue weighted by molar-refractivity contribution is -0.124. The zero-order chi connectivity index (χ0) is 15.5. The van der Waals surface area contributed by atoms with Gasteiger partial charge in [0.1, 0.15) is 11.6 Å². The molecule has 118 valence electrons. The minimum absolute atomic E-state index is 0.0522. The zero-order valence-corrected chi connectivity index (χ0v) is 12.5. The summed E-state index contributed by atoms with van der Waals surface area (Å²) in [5.41, 5.74) is 6.47. The van der Waals surface area contributed by atoms with E-state index in [9.17, 15) is 14.0 Å². The van der Waals surface area contributed by atoms with Gasteiger partial charge in [0, 0.05) is 31.3 Å². The third-order valence-corrected chi connectivity index (χ3v) is 4.86. The van der Waals surface area contributed by atoms with E-state index < -0.39 is 5.82 Å². The summed E-state index contributed by atoms with van der Waals surface area (Å²) in [5, 5.41) is 0. The Labute approximate surface area is 129 Å². The molecule has 0 amide bonds. The molecule has 1 aromatic rings. The lowest BCUT2D eigenvalue weighted by atomic mass is 9.76. The Balaban J connectivity index is 1.52. The van der Waals surface area contributed by atoms with E-state index in [1.807, 2.05) is 0 Å². The van der Waals surface area contributed by atoms with E-state index in [1.165, 1.54) is 12.1 Å². The van der Waals surface area contributed by atoms with E-state index in [1.54, 1.807) is 12.1 Å². The number of rotatable bonds is 5. The standard InChI is InChI=1S/C17H21FN2O2/c18-14-4-2-1-3-13(14)17(22)8-7-16(21)11-5-6-15-12(9-11)10-19-20-15/h1-4,11-12,15,19-20H,5-10H2. The Morgan fingerprint density at radius 3 is 2.82 bits per heavy atom. The van der Waals surface area contributed by atoms with E-state index in [4.69, 9.17) is 0 Å². The summed E-state index contributed by atoms with van der Waals surface area (Å²) in [6.07, 6.45) is 3.08. The number of halogens is 1. The van der Waals surface area contributed by atoms with Crippen molar-refractivity contribution in [1.29, 1.82) is 0 Å². The second kappa shape index (κ2) is 6.67. The molecule has 1 saturated carbocycles. The van der Waals surface area contributed by atoms with E-state index in [0.717, 1.165) is 25.8 Å². The van der Waals surface area contributed by atoms with Crippen LogP contribution in [0.25, 0.3) is 0 Å². The van der Waals surface area contributed by atoms with Gasteiger partial charge in [-0.2, -0.15) is 0 Å². The predicted molar refractivity (Wildman–Crippen MR) is 80.7 cm³/mol. The minimum Gasteiger partial charge on any atom is -0.299 e. The smallest absolute Gasteiger partial charge is 0.166 e. The summed E-state index contributed by atoms with van der Waals surface area (Å²) >= 11 is 0. The van der Waals surface area contributed by atoms with Gasteiger partial charge in [0.25, 0.3) is 0 Å². The number of hydrazine groups is 1. The summed E-state index contributed by atoms with van der Waals surface area (Å²) in [6, 6.07) is 6.42. The van der Waals surface area contributed by atoms with Crippen molar-refractivity contribution in [3.05, 3.63) is 35.6 Å². The van der Waals surface area contributed by atoms with Crippen LogP contribution in [0.15, 0.2) is 24.3 Å². The molecule has 0 aromatic heterocycles. The Hall–Kier alpha value is -1.59. The Bertz CT molecular complexity index is 576. The van der Waals surface area contributed by atoms with E-state index in [2.05, 4.69) is 10.9 Å². The molecule has 3 atom stereocenters. The summed E-state index contributed by atoms with van der Waals surface area (Å²) in [6.45, 7) is 0.905. The van der Waals surface area contributed by atoms with Gasteiger partial charge < -0.3 is 0 Å². The molecule has 1 heterocycles. The molecule has 3 unspecified atom stereocenters. The Morgan fingerprint density at radius 2 is 2.00 bits per heavy atom. The summed E-state index contributed by atoms with van der Waals surface area (Å²) in [5.74, 6) is -0.0933. The summed E-state index contributed by atoms with van der Waals surface area (Å²) in [7, 11) is 0. The number of nitrogens with one attached hydrogen (secondary N) is 2. The maximum atomic E-state index is 13.5. The van der Waals surface area contributed by atoms with Gasteiger partial charge in [-0.05, 0) is 37.3 Å². The molecular formula is C17H21FN2O2. The van der Waals surface area contributed by atoms with E-state index in [0.29, 0.717) is 12.0 Å². The van der Waals surface area contributed by atoms with Crippen LogP contribution in [0.5, 0.6) is 0 Å². The van der Waals surface area contributed by atoms with Gasteiger partial charge in [-0.1, -0.05) is 12.1 Å². The molecule has 0 spiro atoms. The lowest BCUT2D eigenvalue weighted by Crippen LogP contribution is -2.37. The molecule has 1 aliphatic heterocycles. The third-order valence-electron chi connectivity index (χ3n) is 4.86. The number of carbonyl (C=O) groups is 2. The fourth-order valence-corrected chi connectivity index (χ4v) is 3.56. The Kier molecular flexibility index (Phi) is 4.64. The molecule has 2 aliphatic rings. The van der Waals surface area contributed by atoms with Crippen LogP contribution in [0.1, 0.15) is 42.5 Å². The molecule has 3 rings (SSSR count). The first-order valence-corrected chi connectivity index (χ1v) is 7.94. The largest absolute Gasteiger partial charge is 0.299 e. The highest BCUT2D eigenvalue weighted by atomic mass is 19.1. The SMILES string of the molecule is O=C(CCC(=O)C1CCC2NNCC2C1)c1ccccc1F. The molecule has 2 fully saturated rings. The van der Waals surface area contributed by atoms with E-state index in [-0.39, 0.29) is 35.9 Å². The number of benzene rings is 1. The van der Waals surface area contributed by atoms with E-state index >= 15 is 0 Å². The molecule has 0 radical (unpaired) electrons. The number of hydrogen-bond donors (Lipinski definition) is 2. The molecule has 1 saturated heterocycles. The van der Waals surface area contributed by atoms with Crippen molar-refractivity contribution < 1.29 is 14.0 Å². The first-order chi connectivity index (χ1) is 10.6. The third kappa shape index (κ3) is 3.25. The second-order valence-electron chi connectivity index (χ2n) is 6.27. The molecule has 4 nitrogen and oxygen atoms in total. The van der Waals surface area contributed by atoms with Crippen molar-refractivity contribution >= 4 is 11.6 Å².